The molecule has 0 fully saturated rings. The number of aryl methyl sites for hydroxylation is 1. The highest BCUT2D eigenvalue weighted by molar-refractivity contribution is 7.10. The first-order chi connectivity index (χ1) is 16.1. The van der Waals surface area contributed by atoms with Crippen LogP contribution in [0.5, 0.6) is 0 Å². The lowest BCUT2D eigenvalue weighted by atomic mass is 10.0. The molecule has 5 aromatic rings. The van der Waals surface area contributed by atoms with Crippen molar-refractivity contribution in [3.8, 4) is 22.3 Å². The molecule has 0 unspecified atom stereocenters. The molecule has 8 heteroatoms. The molecule has 2 aromatic carbocycles. The van der Waals surface area contributed by atoms with E-state index in [-0.39, 0.29) is 0 Å². The summed E-state index contributed by atoms with van der Waals surface area (Å²) in [5, 5.41) is 23.5. The van der Waals surface area contributed by atoms with Crippen LogP contribution >= 0.6 is 11.3 Å². The topological polar surface area (TPSA) is 93.7 Å². The van der Waals surface area contributed by atoms with E-state index in [2.05, 4.69) is 73.8 Å². The van der Waals surface area contributed by atoms with Gasteiger partial charge < -0.3 is 16.4 Å². The third-order valence-corrected chi connectivity index (χ3v) is 6.63. The van der Waals surface area contributed by atoms with Gasteiger partial charge >= 0.3 is 0 Å². The molecule has 0 radical (unpaired) electrons. The van der Waals surface area contributed by atoms with Gasteiger partial charge in [-0.3, -0.25) is 4.68 Å². The molecule has 0 aliphatic carbocycles. The van der Waals surface area contributed by atoms with Crippen LogP contribution in [0.3, 0.4) is 0 Å². The molecule has 0 saturated heterocycles. The fraction of sp³-hybridized carbons (Fsp3) is 0.160. The molecule has 5 rings (SSSR count). The molecule has 0 aliphatic heterocycles. The third-order valence-electron chi connectivity index (χ3n) is 5.62. The summed E-state index contributed by atoms with van der Waals surface area (Å²) in [6, 6.07) is 16.8. The normalized spacial score (nSPS) is 12.2. The number of hydrogen-bond donors (Lipinski definition) is 3. The Morgan fingerprint density at radius 3 is 2.76 bits per heavy atom. The van der Waals surface area contributed by atoms with Crippen molar-refractivity contribution in [1.82, 2.24) is 25.3 Å². The second-order valence-corrected chi connectivity index (χ2v) is 8.89. The quantitative estimate of drug-likeness (QED) is 0.312. The van der Waals surface area contributed by atoms with Crippen LogP contribution in [-0.4, -0.2) is 27.0 Å². The number of aromatic nitrogens is 4. The van der Waals surface area contributed by atoms with Crippen molar-refractivity contribution >= 4 is 27.9 Å². The highest BCUT2D eigenvalue weighted by atomic mass is 32.1. The highest BCUT2D eigenvalue weighted by Crippen LogP contribution is 2.33. The number of fused-ring (bicyclic) bond motifs is 1. The van der Waals surface area contributed by atoms with Gasteiger partial charge in [0, 0.05) is 41.0 Å². The summed E-state index contributed by atoms with van der Waals surface area (Å²) < 4.78 is 1.79. The Labute approximate surface area is 196 Å². The van der Waals surface area contributed by atoms with Gasteiger partial charge in [0.1, 0.15) is 6.17 Å². The van der Waals surface area contributed by atoms with Crippen LogP contribution in [0.1, 0.15) is 16.6 Å². The standard InChI is InChI=1S/C25H25N7S/c1-27-11-17-5-3-4-6-21(17)19-10-23(33-15-19)24(26)30-25-22-9-16(20-13-29-32(2)14-20)7-8-18(22)12-28-31-25/h3-10,12-15,24,27H,11,26H2,1-2H3,(H,30,31)/t24-/m0/s1. The molecule has 3 aromatic heterocycles. The third kappa shape index (κ3) is 4.36. The minimum absolute atomic E-state index is 0.401. The van der Waals surface area contributed by atoms with Gasteiger partial charge in [0.2, 0.25) is 0 Å². The average molecular weight is 456 g/mol. The average Bonchev–Trinajstić information content (AvgIpc) is 3.49. The Morgan fingerprint density at radius 2 is 1.94 bits per heavy atom. The van der Waals surface area contributed by atoms with E-state index in [1.807, 2.05) is 32.6 Å². The maximum atomic E-state index is 6.56. The van der Waals surface area contributed by atoms with E-state index in [1.54, 1.807) is 22.2 Å². The van der Waals surface area contributed by atoms with E-state index >= 15 is 0 Å². The summed E-state index contributed by atoms with van der Waals surface area (Å²) in [5.41, 5.74) is 12.3. The monoisotopic (exact) mass is 455 g/mol. The van der Waals surface area contributed by atoms with Crippen molar-refractivity contribution in [2.45, 2.75) is 12.7 Å². The minimum Gasteiger partial charge on any atom is -0.348 e. The fourth-order valence-corrected chi connectivity index (χ4v) is 4.81. The smallest absolute Gasteiger partial charge is 0.158 e. The summed E-state index contributed by atoms with van der Waals surface area (Å²) in [7, 11) is 3.87. The first-order valence-electron chi connectivity index (χ1n) is 10.7. The molecule has 0 bridgehead atoms. The number of benzene rings is 2. The zero-order valence-corrected chi connectivity index (χ0v) is 19.3. The number of hydrogen-bond acceptors (Lipinski definition) is 7. The van der Waals surface area contributed by atoms with E-state index in [4.69, 9.17) is 5.73 Å². The molecular formula is C25H25N7S. The lowest BCUT2D eigenvalue weighted by Crippen LogP contribution is -2.19. The zero-order chi connectivity index (χ0) is 22.8. The first kappa shape index (κ1) is 21.3. The van der Waals surface area contributed by atoms with Crippen LogP contribution < -0.4 is 16.4 Å². The van der Waals surface area contributed by atoms with Gasteiger partial charge in [-0.1, -0.05) is 36.4 Å². The summed E-state index contributed by atoms with van der Waals surface area (Å²) >= 11 is 1.64. The van der Waals surface area contributed by atoms with Gasteiger partial charge in [0.15, 0.2) is 5.82 Å². The summed E-state index contributed by atoms with van der Waals surface area (Å²) in [4.78, 5) is 1.03. The van der Waals surface area contributed by atoms with Crippen LogP contribution in [0.4, 0.5) is 5.82 Å². The lowest BCUT2D eigenvalue weighted by Gasteiger charge is -2.14. The Morgan fingerprint density at radius 1 is 1.06 bits per heavy atom. The van der Waals surface area contributed by atoms with Crippen LogP contribution in [0.2, 0.25) is 0 Å². The van der Waals surface area contributed by atoms with Crippen molar-refractivity contribution in [3.63, 3.8) is 0 Å². The van der Waals surface area contributed by atoms with Gasteiger partial charge in [0.25, 0.3) is 0 Å². The number of anilines is 1. The molecule has 3 heterocycles. The van der Waals surface area contributed by atoms with Gasteiger partial charge in [-0.15, -0.1) is 16.4 Å². The largest absolute Gasteiger partial charge is 0.348 e. The molecule has 0 aliphatic rings. The molecule has 33 heavy (non-hydrogen) atoms. The van der Waals surface area contributed by atoms with Crippen LogP contribution in [0.25, 0.3) is 33.0 Å². The van der Waals surface area contributed by atoms with E-state index in [0.29, 0.717) is 5.82 Å². The van der Waals surface area contributed by atoms with Crippen LogP contribution in [-0.2, 0) is 13.6 Å². The highest BCUT2D eigenvalue weighted by Gasteiger charge is 2.15. The molecule has 7 nitrogen and oxygen atoms in total. The lowest BCUT2D eigenvalue weighted by molar-refractivity contribution is 0.768. The Hall–Kier alpha value is -3.59. The zero-order valence-electron chi connectivity index (χ0n) is 18.5. The predicted molar refractivity (Wildman–Crippen MR) is 135 cm³/mol. The molecular weight excluding hydrogens is 430 g/mol. The van der Waals surface area contributed by atoms with E-state index in [0.717, 1.165) is 33.3 Å². The first-order valence-corrected chi connectivity index (χ1v) is 11.6. The molecule has 0 spiro atoms. The number of nitrogens with zero attached hydrogens (tertiary/aromatic N) is 4. The van der Waals surface area contributed by atoms with Gasteiger partial charge in [-0.05, 0) is 46.8 Å². The van der Waals surface area contributed by atoms with Crippen molar-refractivity contribution < 1.29 is 0 Å². The van der Waals surface area contributed by atoms with Gasteiger partial charge in [0.05, 0.1) is 12.4 Å². The minimum atomic E-state index is -0.401. The maximum Gasteiger partial charge on any atom is 0.158 e. The second-order valence-electron chi connectivity index (χ2n) is 7.95. The summed E-state index contributed by atoms with van der Waals surface area (Å²) in [6.45, 7) is 0.816. The second kappa shape index (κ2) is 9.11. The van der Waals surface area contributed by atoms with Crippen molar-refractivity contribution in [2.75, 3.05) is 12.4 Å². The molecule has 4 N–H and O–H groups in total. The molecule has 1 atom stereocenters. The SMILES string of the molecule is CNCc1ccccc1-c1csc([C@@H](N)Nc2nncc3ccc(-c4cnn(C)c4)cc23)c1. The van der Waals surface area contributed by atoms with Gasteiger partial charge in [-0.25, -0.2) is 0 Å². The number of nitrogens with two attached hydrogens (primary N) is 1. The van der Waals surface area contributed by atoms with Gasteiger partial charge in [-0.2, -0.15) is 10.2 Å². The number of nitrogens with one attached hydrogen (secondary N) is 2. The Balaban J connectivity index is 1.43. The molecule has 0 amide bonds. The van der Waals surface area contributed by atoms with E-state index < -0.39 is 6.17 Å². The number of rotatable bonds is 7. The fourth-order valence-electron chi connectivity index (χ4n) is 3.96. The molecule has 0 saturated carbocycles. The Kier molecular flexibility index (Phi) is 5.87. The maximum absolute atomic E-state index is 6.56. The van der Waals surface area contributed by atoms with Crippen molar-refractivity contribution in [2.24, 2.45) is 12.8 Å². The predicted octanol–water partition coefficient (Wildman–Crippen LogP) is 4.55. The summed E-state index contributed by atoms with van der Waals surface area (Å²) in [6.07, 6.45) is 5.21. The van der Waals surface area contributed by atoms with E-state index in [9.17, 15) is 0 Å². The Bertz CT molecular complexity index is 1400. The van der Waals surface area contributed by atoms with E-state index in [1.165, 1.54) is 16.7 Å². The van der Waals surface area contributed by atoms with Crippen LogP contribution in [0.15, 0.2) is 72.5 Å². The summed E-state index contributed by atoms with van der Waals surface area (Å²) in [5.74, 6) is 0.663. The van der Waals surface area contributed by atoms with Crippen molar-refractivity contribution in [1.29, 1.82) is 0 Å². The molecule has 166 valence electrons. The van der Waals surface area contributed by atoms with Crippen molar-refractivity contribution in [3.05, 3.63) is 82.9 Å². The van der Waals surface area contributed by atoms with Crippen LogP contribution in [0, 0.1) is 0 Å². The number of thiophene rings is 1.